The zero-order valence-corrected chi connectivity index (χ0v) is 17.4. The van der Waals surface area contributed by atoms with Crippen LogP contribution < -0.4 is 19.9 Å². The summed E-state index contributed by atoms with van der Waals surface area (Å²) in [5, 5.41) is 9.60. The highest BCUT2D eigenvalue weighted by Crippen LogP contribution is 2.43. The number of ether oxygens (including phenoxy) is 3. The van der Waals surface area contributed by atoms with Gasteiger partial charge in [0.25, 0.3) is 0 Å². The maximum absolute atomic E-state index is 13.8. The molecule has 0 aliphatic carbocycles. The van der Waals surface area contributed by atoms with E-state index in [2.05, 4.69) is 6.07 Å². The monoisotopic (exact) mass is 448 g/mol. The van der Waals surface area contributed by atoms with Crippen LogP contribution in [-0.4, -0.2) is 12.1 Å². The summed E-state index contributed by atoms with van der Waals surface area (Å²) in [6, 6.07) is 18.1. The number of hydrogen-bond acceptors (Lipinski definition) is 6. The van der Waals surface area contributed by atoms with Crippen molar-refractivity contribution >= 4 is 5.97 Å². The SMILES string of the molecule is CC(Oc1ccccc1F)C(=O)Oc1ccc2c(c1)OC(N)=C(C#N)C2c1ccc(F)cc1. The molecule has 0 amide bonds. The number of nitriles is 1. The predicted molar refractivity (Wildman–Crippen MR) is 114 cm³/mol. The van der Waals surface area contributed by atoms with E-state index >= 15 is 0 Å². The quantitative estimate of drug-likeness (QED) is 0.454. The number of fused-ring (bicyclic) bond motifs is 1. The number of rotatable bonds is 5. The second kappa shape index (κ2) is 9.01. The minimum absolute atomic E-state index is 0.0696. The average molecular weight is 448 g/mol. The van der Waals surface area contributed by atoms with E-state index in [9.17, 15) is 18.8 Å². The molecule has 1 heterocycles. The molecule has 6 nitrogen and oxygen atoms in total. The molecule has 4 rings (SSSR count). The number of hydrogen-bond donors (Lipinski definition) is 1. The minimum atomic E-state index is -1.08. The van der Waals surface area contributed by atoms with Gasteiger partial charge < -0.3 is 19.9 Å². The highest BCUT2D eigenvalue weighted by atomic mass is 19.1. The van der Waals surface area contributed by atoms with Gasteiger partial charge in [-0.05, 0) is 42.8 Å². The lowest BCUT2D eigenvalue weighted by Gasteiger charge is -2.26. The molecule has 0 fully saturated rings. The molecule has 0 bridgehead atoms. The molecular formula is C25H18F2N2O4. The fourth-order valence-corrected chi connectivity index (χ4v) is 3.48. The third kappa shape index (κ3) is 4.48. The molecule has 0 saturated carbocycles. The first-order chi connectivity index (χ1) is 15.9. The van der Waals surface area contributed by atoms with E-state index in [4.69, 9.17) is 19.9 Å². The highest BCUT2D eigenvalue weighted by Gasteiger charge is 2.31. The van der Waals surface area contributed by atoms with E-state index in [1.807, 2.05) is 0 Å². The van der Waals surface area contributed by atoms with Crippen LogP contribution in [0.3, 0.4) is 0 Å². The minimum Gasteiger partial charge on any atom is -0.476 e. The molecule has 166 valence electrons. The van der Waals surface area contributed by atoms with E-state index in [1.54, 1.807) is 24.3 Å². The second-order valence-electron chi connectivity index (χ2n) is 7.29. The largest absolute Gasteiger partial charge is 0.476 e. The Hall–Kier alpha value is -4.38. The molecule has 1 aliphatic rings. The Morgan fingerprint density at radius 2 is 1.85 bits per heavy atom. The van der Waals surface area contributed by atoms with E-state index in [0.717, 1.165) is 0 Å². The van der Waals surface area contributed by atoms with E-state index in [1.165, 1.54) is 49.4 Å². The van der Waals surface area contributed by atoms with Crippen molar-refractivity contribution in [2.24, 2.45) is 5.73 Å². The fraction of sp³-hybridized carbons (Fsp3) is 0.120. The predicted octanol–water partition coefficient (Wildman–Crippen LogP) is 4.56. The van der Waals surface area contributed by atoms with Crippen LogP contribution in [0.4, 0.5) is 8.78 Å². The third-order valence-electron chi connectivity index (χ3n) is 5.08. The Labute approximate surface area is 188 Å². The van der Waals surface area contributed by atoms with Gasteiger partial charge in [0.15, 0.2) is 17.7 Å². The Kier molecular flexibility index (Phi) is 5.96. The van der Waals surface area contributed by atoms with Crippen molar-refractivity contribution < 1.29 is 27.8 Å². The van der Waals surface area contributed by atoms with Crippen LogP contribution in [0.1, 0.15) is 24.0 Å². The number of nitrogens with two attached hydrogens (primary N) is 1. The maximum Gasteiger partial charge on any atom is 0.352 e. The zero-order valence-electron chi connectivity index (χ0n) is 17.4. The Morgan fingerprint density at radius 1 is 1.12 bits per heavy atom. The van der Waals surface area contributed by atoms with Crippen LogP contribution in [0.5, 0.6) is 17.2 Å². The van der Waals surface area contributed by atoms with Crippen molar-refractivity contribution in [3.8, 4) is 23.3 Å². The number of carbonyl (C=O) groups excluding carboxylic acids is 1. The summed E-state index contributed by atoms with van der Waals surface area (Å²) in [5.74, 6) is -2.06. The lowest BCUT2D eigenvalue weighted by atomic mass is 9.83. The van der Waals surface area contributed by atoms with Gasteiger partial charge in [0.2, 0.25) is 5.88 Å². The number of carbonyl (C=O) groups is 1. The summed E-state index contributed by atoms with van der Waals surface area (Å²) in [4.78, 5) is 12.5. The van der Waals surface area contributed by atoms with Crippen molar-refractivity contribution in [2.45, 2.75) is 18.9 Å². The topological polar surface area (TPSA) is 94.6 Å². The standard InChI is InChI=1S/C25H18F2N2O4/c1-14(31-21-5-3-2-4-20(21)27)25(30)32-17-10-11-18-22(12-17)33-24(29)19(13-28)23(18)15-6-8-16(26)9-7-15/h2-12,14,23H,29H2,1H3. The van der Waals surface area contributed by atoms with Crippen LogP contribution in [0.15, 0.2) is 78.2 Å². The second-order valence-corrected chi connectivity index (χ2v) is 7.29. The molecule has 0 radical (unpaired) electrons. The van der Waals surface area contributed by atoms with Crippen molar-refractivity contribution in [1.82, 2.24) is 0 Å². The molecule has 0 aromatic heterocycles. The molecule has 2 unspecified atom stereocenters. The lowest BCUT2D eigenvalue weighted by molar-refractivity contribution is -0.141. The Balaban J connectivity index is 1.58. The third-order valence-corrected chi connectivity index (χ3v) is 5.08. The van der Waals surface area contributed by atoms with Gasteiger partial charge in [-0.2, -0.15) is 5.26 Å². The first-order valence-corrected chi connectivity index (χ1v) is 9.97. The molecule has 8 heteroatoms. The summed E-state index contributed by atoms with van der Waals surface area (Å²) in [6.07, 6.45) is -1.08. The number of para-hydroxylation sites is 1. The van der Waals surface area contributed by atoms with Crippen molar-refractivity contribution in [3.05, 3.63) is 101 Å². The van der Waals surface area contributed by atoms with Gasteiger partial charge in [-0.1, -0.05) is 30.3 Å². The molecule has 2 atom stereocenters. The lowest BCUT2D eigenvalue weighted by Crippen LogP contribution is -2.29. The van der Waals surface area contributed by atoms with Gasteiger partial charge >= 0.3 is 5.97 Å². The molecule has 3 aromatic rings. The Bertz CT molecular complexity index is 1280. The van der Waals surface area contributed by atoms with Crippen LogP contribution in [-0.2, 0) is 4.79 Å². The summed E-state index contributed by atoms with van der Waals surface area (Å²) in [5.41, 5.74) is 7.40. The number of allylic oxidation sites excluding steroid dienone is 1. The van der Waals surface area contributed by atoms with Gasteiger partial charge in [0.1, 0.15) is 29.0 Å². The Morgan fingerprint density at radius 3 is 2.55 bits per heavy atom. The van der Waals surface area contributed by atoms with Gasteiger partial charge in [0, 0.05) is 11.6 Å². The van der Waals surface area contributed by atoms with Gasteiger partial charge in [-0.25, -0.2) is 13.6 Å². The van der Waals surface area contributed by atoms with Crippen LogP contribution in [0.2, 0.25) is 0 Å². The summed E-state index contributed by atoms with van der Waals surface area (Å²) < 4.78 is 43.5. The number of nitrogens with zero attached hydrogens (tertiary/aromatic N) is 1. The first-order valence-electron chi connectivity index (χ1n) is 9.97. The summed E-state index contributed by atoms with van der Waals surface area (Å²) in [6.45, 7) is 1.44. The highest BCUT2D eigenvalue weighted by molar-refractivity contribution is 5.77. The van der Waals surface area contributed by atoms with Crippen molar-refractivity contribution in [2.75, 3.05) is 0 Å². The molecule has 1 aliphatic heterocycles. The molecular weight excluding hydrogens is 430 g/mol. The van der Waals surface area contributed by atoms with Crippen molar-refractivity contribution in [3.63, 3.8) is 0 Å². The van der Waals surface area contributed by atoms with Gasteiger partial charge in [-0.15, -0.1) is 0 Å². The van der Waals surface area contributed by atoms with E-state index in [0.29, 0.717) is 11.1 Å². The van der Waals surface area contributed by atoms with E-state index in [-0.39, 0.29) is 28.7 Å². The molecule has 33 heavy (non-hydrogen) atoms. The number of halogens is 2. The summed E-state index contributed by atoms with van der Waals surface area (Å²) >= 11 is 0. The summed E-state index contributed by atoms with van der Waals surface area (Å²) in [7, 11) is 0. The molecule has 3 aromatic carbocycles. The first kappa shape index (κ1) is 21.8. The van der Waals surface area contributed by atoms with Crippen LogP contribution in [0.25, 0.3) is 0 Å². The van der Waals surface area contributed by atoms with Gasteiger partial charge in [0.05, 0.1) is 5.92 Å². The normalized spacial score (nSPS) is 15.6. The van der Waals surface area contributed by atoms with Crippen molar-refractivity contribution in [1.29, 1.82) is 5.26 Å². The number of esters is 1. The molecule has 0 spiro atoms. The maximum atomic E-state index is 13.8. The van der Waals surface area contributed by atoms with Gasteiger partial charge in [-0.3, -0.25) is 0 Å². The van der Waals surface area contributed by atoms with Crippen LogP contribution >= 0.6 is 0 Å². The van der Waals surface area contributed by atoms with Crippen LogP contribution in [0, 0.1) is 23.0 Å². The average Bonchev–Trinajstić information content (AvgIpc) is 2.80. The molecule has 2 N–H and O–H groups in total. The fourth-order valence-electron chi connectivity index (χ4n) is 3.48. The number of benzene rings is 3. The zero-order chi connectivity index (χ0) is 23.5. The van der Waals surface area contributed by atoms with E-state index < -0.39 is 29.6 Å². The smallest absolute Gasteiger partial charge is 0.352 e. The molecule has 0 saturated heterocycles.